The number of carbonyl (C=O) groups excluding carboxylic acids is 1. The third kappa shape index (κ3) is 5.03. The van der Waals surface area contributed by atoms with Crippen molar-refractivity contribution in [2.45, 2.75) is 32.9 Å². The van der Waals surface area contributed by atoms with Crippen LogP contribution in [0.25, 0.3) is 0 Å². The molecule has 0 aliphatic carbocycles. The molecule has 2 rings (SSSR count). The van der Waals surface area contributed by atoms with Crippen LogP contribution in [0.2, 0.25) is 0 Å². The molecule has 1 heterocycles. The van der Waals surface area contributed by atoms with E-state index in [9.17, 15) is 4.79 Å². The van der Waals surface area contributed by atoms with Crippen LogP contribution in [-0.4, -0.2) is 45.3 Å². The van der Waals surface area contributed by atoms with Gasteiger partial charge in [0.1, 0.15) is 6.33 Å². The maximum atomic E-state index is 12.3. The number of aromatic nitrogens is 3. The van der Waals surface area contributed by atoms with E-state index < -0.39 is 0 Å². The van der Waals surface area contributed by atoms with Crippen molar-refractivity contribution in [1.82, 2.24) is 30.3 Å². The van der Waals surface area contributed by atoms with Crippen LogP contribution in [0.1, 0.15) is 44.2 Å². The van der Waals surface area contributed by atoms with Gasteiger partial charge in [0.25, 0.3) is 0 Å². The van der Waals surface area contributed by atoms with Gasteiger partial charge in [0, 0.05) is 13.6 Å². The van der Waals surface area contributed by atoms with Gasteiger partial charge in [0.05, 0.1) is 12.1 Å². The summed E-state index contributed by atoms with van der Waals surface area (Å²) >= 11 is 0. The summed E-state index contributed by atoms with van der Waals surface area (Å²) in [5.41, 5.74) is 1.20. The Balaban J connectivity index is 1.97. The highest BCUT2D eigenvalue weighted by molar-refractivity contribution is 5.74. The fourth-order valence-corrected chi connectivity index (χ4v) is 2.98. The first-order valence-corrected chi connectivity index (χ1v) is 8.74. The third-order valence-electron chi connectivity index (χ3n) is 4.37. The molecule has 2 atom stereocenters. The van der Waals surface area contributed by atoms with Gasteiger partial charge in [0.15, 0.2) is 5.82 Å². The first kappa shape index (κ1) is 18.9. The second-order valence-electron chi connectivity index (χ2n) is 6.02. The summed E-state index contributed by atoms with van der Waals surface area (Å²) in [5.74, 6) is 0.721. The van der Waals surface area contributed by atoms with Gasteiger partial charge in [0.2, 0.25) is 0 Å². The summed E-state index contributed by atoms with van der Waals surface area (Å²) in [6.07, 6.45) is 1.62. The predicted octanol–water partition coefficient (Wildman–Crippen LogP) is 2.26. The van der Waals surface area contributed by atoms with Crippen LogP contribution < -0.4 is 10.6 Å². The summed E-state index contributed by atoms with van der Waals surface area (Å²) in [4.78, 5) is 14.6. The molecule has 136 valence electrons. The third-order valence-corrected chi connectivity index (χ3v) is 4.37. The van der Waals surface area contributed by atoms with Crippen molar-refractivity contribution in [1.29, 1.82) is 0 Å². The van der Waals surface area contributed by atoms with Crippen LogP contribution in [0, 0.1) is 0 Å². The average Bonchev–Trinajstić information content (AvgIpc) is 3.05. The Morgan fingerprint density at radius 1 is 1.24 bits per heavy atom. The van der Waals surface area contributed by atoms with Crippen molar-refractivity contribution >= 4 is 6.03 Å². The highest BCUT2D eigenvalue weighted by atomic mass is 16.2. The summed E-state index contributed by atoms with van der Waals surface area (Å²) in [6, 6.07) is 10.00. The van der Waals surface area contributed by atoms with Crippen LogP contribution in [-0.2, 0) is 7.05 Å². The van der Waals surface area contributed by atoms with Crippen LogP contribution >= 0.6 is 0 Å². The van der Waals surface area contributed by atoms with Crippen LogP contribution in [0.15, 0.2) is 36.7 Å². The molecule has 0 aliphatic rings. The maximum absolute atomic E-state index is 12.3. The van der Waals surface area contributed by atoms with Crippen molar-refractivity contribution in [3.05, 3.63) is 48.0 Å². The minimum atomic E-state index is -0.212. The van der Waals surface area contributed by atoms with E-state index in [1.165, 1.54) is 5.56 Å². The number of hydrogen-bond acceptors (Lipinski definition) is 4. The Hall–Kier alpha value is -2.41. The lowest BCUT2D eigenvalue weighted by molar-refractivity contribution is 0.205. The molecule has 0 radical (unpaired) electrons. The van der Waals surface area contributed by atoms with E-state index in [0.717, 1.165) is 18.9 Å². The molecule has 0 spiro atoms. The molecule has 0 saturated carbocycles. The van der Waals surface area contributed by atoms with Gasteiger partial charge in [-0.15, -0.1) is 10.2 Å². The number of carbonyl (C=O) groups is 1. The quantitative estimate of drug-likeness (QED) is 0.770. The monoisotopic (exact) mass is 344 g/mol. The van der Waals surface area contributed by atoms with Crippen LogP contribution in [0.3, 0.4) is 0 Å². The van der Waals surface area contributed by atoms with Gasteiger partial charge in [-0.1, -0.05) is 44.2 Å². The molecule has 0 bridgehead atoms. The number of urea groups is 1. The molecule has 7 heteroatoms. The zero-order chi connectivity index (χ0) is 18.2. The molecule has 0 aliphatic heterocycles. The largest absolute Gasteiger partial charge is 0.336 e. The molecule has 25 heavy (non-hydrogen) atoms. The number of nitrogens with zero attached hydrogens (tertiary/aromatic N) is 4. The molecule has 2 amide bonds. The molecular weight excluding hydrogens is 316 g/mol. The summed E-state index contributed by atoms with van der Waals surface area (Å²) in [7, 11) is 1.86. The summed E-state index contributed by atoms with van der Waals surface area (Å²) in [6.45, 7) is 8.56. The highest BCUT2D eigenvalue weighted by Gasteiger charge is 2.20. The van der Waals surface area contributed by atoms with E-state index in [0.29, 0.717) is 6.54 Å². The molecule has 7 nitrogen and oxygen atoms in total. The minimum absolute atomic E-state index is 0.145. The fraction of sp³-hybridized carbons (Fsp3) is 0.500. The van der Waals surface area contributed by atoms with E-state index in [-0.39, 0.29) is 18.1 Å². The number of amides is 2. The lowest BCUT2D eigenvalue weighted by atomic mass is 10.1. The van der Waals surface area contributed by atoms with Gasteiger partial charge < -0.3 is 15.2 Å². The molecule has 1 aromatic carbocycles. The van der Waals surface area contributed by atoms with Crippen molar-refractivity contribution < 1.29 is 4.79 Å². The van der Waals surface area contributed by atoms with Crippen molar-refractivity contribution in [2.75, 3.05) is 19.6 Å². The Morgan fingerprint density at radius 2 is 1.92 bits per heavy atom. The fourth-order valence-electron chi connectivity index (χ4n) is 2.98. The van der Waals surface area contributed by atoms with Gasteiger partial charge in [-0.2, -0.15) is 0 Å². The van der Waals surface area contributed by atoms with Gasteiger partial charge in [-0.05, 0) is 25.6 Å². The first-order chi connectivity index (χ1) is 12.1. The smallest absolute Gasteiger partial charge is 0.315 e. The SMILES string of the molecule is CCN(CC)[C@@H](CNC(=O)N[C@@H](C)c1nncn1C)c1ccccc1. The standard InChI is InChI=1S/C18H28N6O/c1-5-24(6-2)16(15-10-8-7-9-11-15)12-19-18(25)21-14(3)17-22-20-13-23(17)4/h7-11,13-14,16H,5-6,12H2,1-4H3,(H2,19,21,25)/t14-,16-/m0/s1. The van der Waals surface area contributed by atoms with Gasteiger partial charge in [-0.3, -0.25) is 4.90 Å². The summed E-state index contributed by atoms with van der Waals surface area (Å²) < 4.78 is 1.80. The lowest BCUT2D eigenvalue weighted by Gasteiger charge is -2.30. The van der Waals surface area contributed by atoms with Crippen LogP contribution in [0.5, 0.6) is 0 Å². The molecular formula is C18H28N6O. The zero-order valence-corrected chi connectivity index (χ0v) is 15.4. The second kappa shape index (κ2) is 9.17. The molecule has 0 fully saturated rings. The number of nitrogens with one attached hydrogen (secondary N) is 2. The van der Waals surface area contributed by atoms with Crippen molar-refractivity contribution in [3.8, 4) is 0 Å². The topological polar surface area (TPSA) is 75.1 Å². The van der Waals surface area contributed by atoms with Crippen molar-refractivity contribution in [2.24, 2.45) is 7.05 Å². The zero-order valence-electron chi connectivity index (χ0n) is 15.4. The van der Waals surface area contributed by atoms with E-state index in [4.69, 9.17) is 0 Å². The van der Waals surface area contributed by atoms with Crippen molar-refractivity contribution in [3.63, 3.8) is 0 Å². The Morgan fingerprint density at radius 3 is 2.48 bits per heavy atom. The average molecular weight is 344 g/mol. The first-order valence-electron chi connectivity index (χ1n) is 8.74. The molecule has 2 aromatic rings. The molecule has 0 saturated heterocycles. The second-order valence-corrected chi connectivity index (χ2v) is 6.02. The van der Waals surface area contributed by atoms with Gasteiger partial charge >= 0.3 is 6.03 Å². The van der Waals surface area contributed by atoms with Gasteiger partial charge in [-0.25, -0.2) is 4.79 Å². The number of rotatable bonds is 8. The normalized spacial score (nSPS) is 13.5. The maximum Gasteiger partial charge on any atom is 0.315 e. The molecule has 2 N–H and O–H groups in total. The number of hydrogen-bond donors (Lipinski definition) is 2. The predicted molar refractivity (Wildman–Crippen MR) is 98.1 cm³/mol. The summed E-state index contributed by atoms with van der Waals surface area (Å²) in [5, 5.41) is 13.8. The minimum Gasteiger partial charge on any atom is -0.336 e. The Bertz CT molecular complexity index is 653. The van der Waals surface area contributed by atoms with E-state index in [2.05, 4.69) is 51.7 Å². The Kier molecular flexibility index (Phi) is 6.94. The number of likely N-dealkylation sites (N-methyl/N-ethyl adjacent to an activating group) is 1. The number of aryl methyl sites for hydroxylation is 1. The van der Waals surface area contributed by atoms with E-state index >= 15 is 0 Å². The number of benzene rings is 1. The lowest BCUT2D eigenvalue weighted by Crippen LogP contribution is -2.43. The highest BCUT2D eigenvalue weighted by Crippen LogP contribution is 2.19. The van der Waals surface area contributed by atoms with Crippen LogP contribution in [0.4, 0.5) is 4.79 Å². The van der Waals surface area contributed by atoms with E-state index in [1.807, 2.05) is 32.2 Å². The molecule has 0 unspecified atom stereocenters. The molecule has 1 aromatic heterocycles. The Labute approximate surface area is 149 Å². The van der Waals surface area contributed by atoms with E-state index in [1.54, 1.807) is 10.9 Å².